The number of carbonyl (C=O) groups excluding carboxylic acids is 2. The smallest absolute Gasteiger partial charge is 0.244 e. The third kappa shape index (κ3) is 4.43. The molecular formula is C13H20N2O2. The summed E-state index contributed by atoms with van der Waals surface area (Å²) in [5.74, 6) is -0.216. The number of rotatable bonds is 5. The highest BCUT2D eigenvalue weighted by molar-refractivity contribution is 5.89. The lowest BCUT2D eigenvalue weighted by atomic mass is 9.87. The highest BCUT2D eigenvalue weighted by atomic mass is 16.2. The van der Waals surface area contributed by atoms with Gasteiger partial charge in [0.15, 0.2) is 0 Å². The minimum absolute atomic E-state index is 0.259. The predicted octanol–water partition coefficient (Wildman–Crippen LogP) is 1.50. The van der Waals surface area contributed by atoms with E-state index in [0.29, 0.717) is 5.92 Å². The Bertz CT molecular complexity index is 285. The summed E-state index contributed by atoms with van der Waals surface area (Å²) in [6, 6.07) is 0. The van der Waals surface area contributed by atoms with Crippen molar-refractivity contribution in [1.82, 2.24) is 10.6 Å². The first-order valence-corrected chi connectivity index (χ1v) is 6.03. The summed E-state index contributed by atoms with van der Waals surface area (Å²) < 4.78 is 0. The molecule has 2 N–H and O–H groups in total. The quantitative estimate of drug-likeness (QED) is 0.561. The van der Waals surface area contributed by atoms with Gasteiger partial charge >= 0.3 is 0 Å². The number of amides is 2. The van der Waals surface area contributed by atoms with Crippen LogP contribution in [0.2, 0.25) is 0 Å². The molecule has 0 saturated heterocycles. The molecule has 17 heavy (non-hydrogen) atoms. The van der Waals surface area contributed by atoms with Crippen LogP contribution in [0.15, 0.2) is 25.3 Å². The summed E-state index contributed by atoms with van der Waals surface area (Å²) in [5.41, 5.74) is 0. The number of carbonyl (C=O) groups is 2. The van der Waals surface area contributed by atoms with Gasteiger partial charge in [-0.3, -0.25) is 9.59 Å². The summed E-state index contributed by atoms with van der Waals surface area (Å²) in [7, 11) is 0. The molecule has 2 amide bonds. The Kier molecular flexibility index (Phi) is 5.46. The van der Waals surface area contributed by atoms with Gasteiger partial charge in [-0.25, -0.2) is 0 Å². The van der Waals surface area contributed by atoms with Gasteiger partial charge in [-0.05, 0) is 30.9 Å². The van der Waals surface area contributed by atoms with Gasteiger partial charge < -0.3 is 10.6 Å². The van der Waals surface area contributed by atoms with E-state index in [1.54, 1.807) is 0 Å². The summed E-state index contributed by atoms with van der Waals surface area (Å²) in [6.07, 6.45) is 7.70. The number of hydrogen-bond donors (Lipinski definition) is 2. The maximum atomic E-state index is 11.3. The lowest BCUT2D eigenvalue weighted by Gasteiger charge is -2.30. The molecule has 0 heterocycles. The van der Waals surface area contributed by atoms with E-state index in [1.807, 2.05) is 0 Å². The van der Waals surface area contributed by atoms with Crippen molar-refractivity contribution in [1.29, 1.82) is 0 Å². The molecule has 0 spiro atoms. The average molecular weight is 236 g/mol. The van der Waals surface area contributed by atoms with Gasteiger partial charge in [0.05, 0.1) is 0 Å². The molecule has 0 bridgehead atoms. The van der Waals surface area contributed by atoms with E-state index in [0.717, 1.165) is 25.7 Å². The summed E-state index contributed by atoms with van der Waals surface area (Å²) in [4.78, 5) is 22.7. The minimum atomic E-state index is -0.314. The molecule has 0 aliphatic heterocycles. The van der Waals surface area contributed by atoms with Gasteiger partial charge in [-0.2, -0.15) is 0 Å². The highest BCUT2D eigenvalue weighted by Crippen LogP contribution is 2.25. The largest absolute Gasteiger partial charge is 0.332 e. The lowest BCUT2D eigenvalue weighted by Crippen LogP contribution is -2.52. The van der Waals surface area contributed by atoms with Crippen molar-refractivity contribution in [2.45, 2.75) is 38.3 Å². The van der Waals surface area contributed by atoms with Crippen LogP contribution in [0.4, 0.5) is 0 Å². The van der Waals surface area contributed by atoms with Crippen LogP contribution in [0.5, 0.6) is 0 Å². The third-order valence-corrected chi connectivity index (χ3v) is 3.09. The maximum absolute atomic E-state index is 11.3. The van der Waals surface area contributed by atoms with E-state index in [9.17, 15) is 9.59 Å². The van der Waals surface area contributed by atoms with Crippen LogP contribution >= 0.6 is 0 Å². The van der Waals surface area contributed by atoms with E-state index >= 15 is 0 Å². The zero-order valence-corrected chi connectivity index (χ0v) is 10.1. The van der Waals surface area contributed by atoms with E-state index in [-0.39, 0.29) is 18.0 Å². The lowest BCUT2D eigenvalue weighted by molar-refractivity contribution is -0.120. The molecule has 0 aromatic heterocycles. The molecule has 1 saturated carbocycles. The Morgan fingerprint density at radius 3 is 1.88 bits per heavy atom. The fourth-order valence-corrected chi connectivity index (χ4v) is 2.16. The number of hydrogen-bond acceptors (Lipinski definition) is 2. The fourth-order valence-electron chi connectivity index (χ4n) is 2.16. The molecule has 94 valence electrons. The Morgan fingerprint density at radius 1 is 1.00 bits per heavy atom. The molecular weight excluding hydrogens is 216 g/mol. The molecule has 4 heteroatoms. The van der Waals surface area contributed by atoms with Crippen molar-refractivity contribution in [2.75, 3.05) is 0 Å². The highest BCUT2D eigenvalue weighted by Gasteiger charge is 2.25. The summed E-state index contributed by atoms with van der Waals surface area (Å²) in [5, 5.41) is 5.53. The van der Waals surface area contributed by atoms with Crippen molar-refractivity contribution >= 4 is 11.8 Å². The summed E-state index contributed by atoms with van der Waals surface area (Å²) in [6.45, 7) is 6.83. The third-order valence-electron chi connectivity index (χ3n) is 3.09. The van der Waals surface area contributed by atoms with Crippen LogP contribution in [-0.4, -0.2) is 18.0 Å². The fraction of sp³-hybridized carbons (Fsp3) is 0.538. The van der Waals surface area contributed by atoms with E-state index in [2.05, 4.69) is 23.8 Å². The van der Waals surface area contributed by atoms with Crippen molar-refractivity contribution in [3.8, 4) is 0 Å². The van der Waals surface area contributed by atoms with E-state index < -0.39 is 0 Å². The van der Waals surface area contributed by atoms with Crippen molar-refractivity contribution in [3.63, 3.8) is 0 Å². The van der Waals surface area contributed by atoms with Gasteiger partial charge in [0.25, 0.3) is 0 Å². The van der Waals surface area contributed by atoms with Crippen LogP contribution in [0.1, 0.15) is 32.1 Å². The van der Waals surface area contributed by atoms with Crippen molar-refractivity contribution < 1.29 is 9.59 Å². The van der Waals surface area contributed by atoms with Gasteiger partial charge in [0.2, 0.25) is 11.8 Å². The zero-order valence-electron chi connectivity index (χ0n) is 10.1. The normalized spacial score (nSPS) is 16.3. The van der Waals surface area contributed by atoms with Crippen LogP contribution in [0.25, 0.3) is 0 Å². The second-order valence-corrected chi connectivity index (χ2v) is 4.30. The van der Waals surface area contributed by atoms with Crippen LogP contribution < -0.4 is 10.6 Å². The van der Waals surface area contributed by atoms with Crippen LogP contribution in [0, 0.1) is 5.92 Å². The molecule has 1 aliphatic rings. The van der Waals surface area contributed by atoms with Gasteiger partial charge in [-0.1, -0.05) is 32.4 Å². The van der Waals surface area contributed by atoms with Crippen LogP contribution in [-0.2, 0) is 9.59 Å². The van der Waals surface area contributed by atoms with E-state index in [1.165, 1.54) is 18.6 Å². The topological polar surface area (TPSA) is 58.2 Å². The Hall–Kier alpha value is -1.58. The molecule has 0 aromatic carbocycles. The monoisotopic (exact) mass is 236 g/mol. The van der Waals surface area contributed by atoms with Gasteiger partial charge in [0, 0.05) is 0 Å². The Labute approximate surface area is 102 Å². The second kappa shape index (κ2) is 6.89. The minimum Gasteiger partial charge on any atom is -0.332 e. The molecule has 1 aliphatic carbocycles. The average Bonchev–Trinajstić information content (AvgIpc) is 2.38. The molecule has 4 nitrogen and oxygen atoms in total. The first kappa shape index (κ1) is 13.5. The molecule has 1 fully saturated rings. The zero-order chi connectivity index (χ0) is 12.7. The first-order valence-electron chi connectivity index (χ1n) is 6.03. The SMILES string of the molecule is C=CC(=O)NC(NC(=O)C=C)C1CCCCC1. The predicted molar refractivity (Wildman–Crippen MR) is 67.0 cm³/mol. The first-order chi connectivity index (χ1) is 8.17. The Morgan fingerprint density at radius 2 is 1.47 bits per heavy atom. The van der Waals surface area contributed by atoms with Crippen LogP contribution in [0.3, 0.4) is 0 Å². The Balaban J connectivity index is 2.62. The molecule has 0 atom stereocenters. The molecule has 0 aromatic rings. The van der Waals surface area contributed by atoms with Crippen molar-refractivity contribution in [3.05, 3.63) is 25.3 Å². The molecule has 0 unspecified atom stereocenters. The standard InChI is InChI=1S/C13H20N2O2/c1-3-11(16)14-13(15-12(17)4-2)10-8-6-5-7-9-10/h3-4,10,13H,1-2,5-9H2,(H,14,16)(H,15,17). The van der Waals surface area contributed by atoms with Gasteiger partial charge in [0.1, 0.15) is 6.17 Å². The van der Waals surface area contributed by atoms with Gasteiger partial charge in [-0.15, -0.1) is 0 Å². The van der Waals surface area contributed by atoms with Crippen molar-refractivity contribution in [2.24, 2.45) is 5.92 Å². The maximum Gasteiger partial charge on any atom is 0.244 e. The molecule has 1 rings (SSSR count). The number of nitrogens with one attached hydrogen (secondary N) is 2. The van der Waals surface area contributed by atoms with E-state index in [4.69, 9.17) is 0 Å². The summed E-state index contributed by atoms with van der Waals surface area (Å²) >= 11 is 0. The molecule has 0 radical (unpaired) electrons. The second-order valence-electron chi connectivity index (χ2n) is 4.30.